The van der Waals surface area contributed by atoms with Gasteiger partial charge in [0.25, 0.3) is 0 Å². The lowest BCUT2D eigenvalue weighted by Gasteiger charge is -2.23. The van der Waals surface area contributed by atoms with Crippen LogP contribution in [0, 0.1) is 0 Å². The summed E-state index contributed by atoms with van der Waals surface area (Å²) in [5, 5.41) is 3.21. The molecule has 0 radical (unpaired) electrons. The third-order valence-electron chi connectivity index (χ3n) is 2.92. The fourth-order valence-electron chi connectivity index (χ4n) is 1.71. The quantitative estimate of drug-likeness (QED) is 0.398. The van der Waals surface area contributed by atoms with Crippen LogP contribution in [0.5, 0.6) is 0 Å². The van der Waals surface area contributed by atoms with Gasteiger partial charge in [0.15, 0.2) is 5.96 Å². The van der Waals surface area contributed by atoms with E-state index in [9.17, 15) is 4.79 Å². The molecule has 0 aromatic heterocycles. The molecule has 1 rings (SSSR count). The van der Waals surface area contributed by atoms with Crippen molar-refractivity contribution in [2.75, 3.05) is 34.2 Å². The molecule has 0 saturated heterocycles. The molecular formula is C15H24BrIN4O. The van der Waals surface area contributed by atoms with Crippen LogP contribution in [-0.2, 0) is 11.3 Å². The van der Waals surface area contributed by atoms with E-state index in [4.69, 9.17) is 0 Å². The summed E-state index contributed by atoms with van der Waals surface area (Å²) in [4.78, 5) is 19.6. The van der Waals surface area contributed by atoms with Crippen LogP contribution in [0.15, 0.2) is 33.7 Å². The Morgan fingerprint density at radius 1 is 1.27 bits per heavy atom. The number of aliphatic imine (C=N–C) groups is 1. The molecule has 5 nitrogen and oxygen atoms in total. The predicted octanol–water partition coefficient (Wildman–Crippen LogP) is 2.55. The van der Waals surface area contributed by atoms with Crippen LogP contribution in [-0.4, -0.2) is 55.9 Å². The Labute approximate surface area is 158 Å². The van der Waals surface area contributed by atoms with Crippen LogP contribution >= 0.6 is 39.9 Å². The van der Waals surface area contributed by atoms with E-state index < -0.39 is 0 Å². The number of nitrogens with zero attached hydrogens (tertiary/aromatic N) is 3. The van der Waals surface area contributed by atoms with Crippen LogP contribution in [0.25, 0.3) is 0 Å². The molecule has 0 heterocycles. The van der Waals surface area contributed by atoms with Crippen LogP contribution in [0.3, 0.4) is 0 Å². The Kier molecular flexibility index (Phi) is 10.4. The average molecular weight is 483 g/mol. The molecule has 0 aliphatic rings. The molecule has 7 heteroatoms. The first kappa shape index (κ1) is 21.2. The summed E-state index contributed by atoms with van der Waals surface area (Å²) >= 11 is 3.55. The molecule has 0 bridgehead atoms. The number of halogens is 2. The SMILES string of the molecule is CCNC(=NCC(=O)N(C)C)N(C)Cc1ccccc1Br.I. The minimum Gasteiger partial charge on any atom is -0.357 e. The number of carbonyl (C=O) groups excluding carboxylic acids is 1. The number of likely N-dealkylation sites (N-methyl/N-ethyl adjacent to an activating group) is 1. The van der Waals surface area contributed by atoms with Crippen LogP contribution < -0.4 is 5.32 Å². The van der Waals surface area contributed by atoms with Crippen molar-refractivity contribution >= 4 is 51.8 Å². The average Bonchev–Trinajstić information content (AvgIpc) is 2.45. The normalized spacial score (nSPS) is 10.7. The van der Waals surface area contributed by atoms with Gasteiger partial charge < -0.3 is 15.1 Å². The van der Waals surface area contributed by atoms with E-state index in [0.717, 1.165) is 17.0 Å². The summed E-state index contributed by atoms with van der Waals surface area (Å²) in [5.74, 6) is 0.711. The van der Waals surface area contributed by atoms with Crippen molar-refractivity contribution in [2.24, 2.45) is 4.99 Å². The zero-order valence-corrected chi connectivity index (χ0v) is 17.4. The number of hydrogen-bond acceptors (Lipinski definition) is 2. The van der Waals surface area contributed by atoms with Gasteiger partial charge in [-0.3, -0.25) is 4.79 Å². The van der Waals surface area contributed by atoms with Gasteiger partial charge in [-0.05, 0) is 18.6 Å². The summed E-state index contributed by atoms with van der Waals surface area (Å²) < 4.78 is 1.07. The van der Waals surface area contributed by atoms with Gasteiger partial charge in [0.1, 0.15) is 6.54 Å². The Balaban J connectivity index is 0.00000441. The molecule has 0 spiro atoms. The van der Waals surface area contributed by atoms with Gasteiger partial charge in [-0.15, -0.1) is 24.0 Å². The highest BCUT2D eigenvalue weighted by Gasteiger charge is 2.10. The number of nitrogens with one attached hydrogen (secondary N) is 1. The van der Waals surface area contributed by atoms with Gasteiger partial charge in [0.05, 0.1) is 0 Å². The Bertz CT molecular complexity index is 508. The first-order valence-corrected chi connectivity index (χ1v) is 7.68. The van der Waals surface area contributed by atoms with Crippen molar-refractivity contribution in [1.29, 1.82) is 0 Å². The molecule has 1 aromatic carbocycles. The number of guanidine groups is 1. The smallest absolute Gasteiger partial charge is 0.243 e. The Morgan fingerprint density at radius 2 is 1.91 bits per heavy atom. The highest BCUT2D eigenvalue weighted by Crippen LogP contribution is 2.17. The molecule has 1 N–H and O–H groups in total. The summed E-state index contributed by atoms with van der Waals surface area (Å²) in [6.45, 7) is 3.63. The fraction of sp³-hybridized carbons (Fsp3) is 0.467. The van der Waals surface area contributed by atoms with Crippen molar-refractivity contribution in [3.05, 3.63) is 34.3 Å². The molecule has 0 aliphatic carbocycles. The highest BCUT2D eigenvalue weighted by molar-refractivity contribution is 14.0. The van der Waals surface area contributed by atoms with E-state index >= 15 is 0 Å². The number of hydrogen-bond donors (Lipinski definition) is 1. The predicted molar refractivity (Wildman–Crippen MR) is 106 cm³/mol. The number of carbonyl (C=O) groups is 1. The topological polar surface area (TPSA) is 47.9 Å². The maximum absolute atomic E-state index is 11.7. The molecule has 1 amide bonds. The van der Waals surface area contributed by atoms with Gasteiger partial charge in [0.2, 0.25) is 5.91 Å². The largest absolute Gasteiger partial charge is 0.357 e. The first-order chi connectivity index (χ1) is 9.95. The molecule has 0 unspecified atom stereocenters. The van der Waals surface area contributed by atoms with Crippen molar-refractivity contribution in [2.45, 2.75) is 13.5 Å². The first-order valence-electron chi connectivity index (χ1n) is 6.88. The van der Waals surface area contributed by atoms with Crippen molar-refractivity contribution in [3.63, 3.8) is 0 Å². The fourth-order valence-corrected chi connectivity index (χ4v) is 2.12. The van der Waals surface area contributed by atoms with E-state index in [-0.39, 0.29) is 36.4 Å². The third kappa shape index (κ3) is 6.95. The van der Waals surface area contributed by atoms with Gasteiger partial charge in [-0.2, -0.15) is 0 Å². The molecule has 0 aliphatic heterocycles. The summed E-state index contributed by atoms with van der Waals surface area (Å²) in [6.07, 6.45) is 0. The number of amides is 1. The maximum Gasteiger partial charge on any atom is 0.243 e. The van der Waals surface area contributed by atoms with E-state index in [1.165, 1.54) is 5.56 Å². The lowest BCUT2D eigenvalue weighted by molar-refractivity contribution is -0.127. The molecular weight excluding hydrogens is 459 g/mol. The van der Waals surface area contributed by atoms with E-state index in [2.05, 4.69) is 32.3 Å². The second kappa shape index (κ2) is 10.8. The lowest BCUT2D eigenvalue weighted by atomic mass is 10.2. The van der Waals surface area contributed by atoms with E-state index in [1.54, 1.807) is 19.0 Å². The second-order valence-corrected chi connectivity index (χ2v) is 5.76. The Hall–Kier alpha value is -0.830. The van der Waals surface area contributed by atoms with Gasteiger partial charge in [-0.1, -0.05) is 34.1 Å². The molecule has 0 saturated carbocycles. The van der Waals surface area contributed by atoms with Gasteiger partial charge in [-0.25, -0.2) is 4.99 Å². The molecule has 0 atom stereocenters. The van der Waals surface area contributed by atoms with E-state index in [1.807, 2.05) is 37.1 Å². The van der Waals surface area contributed by atoms with Crippen LogP contribution in [0.1, 0.15) is 12.5 Å². The maximum atomic E-state index is 11.7. The number of rotatable bonds is 5. The Morgan fingerprint density at radius 3 is 2.45 bits per heavy atom. The highest BCUT2D eigenvalue weighted by atomic mass is 127. The molecule has 124 valence electrons. The van der Waals surface area contributed by atoms with Crippen molar-refractivity contribution < 1.29 is 4.79 Å². The van der Waals surface area contributed by atoms with E-state index in [0.29, 0.717) is 6.54 Å². The van der Waals surface area contributed by atoms with Crippen LogP contribution in [0.2, 0.25) is 0 Å². The monoisotopic (exact) mass is 482 g/mol. The van der Waals surface area contributed by atoms with Gasteiger partial charge >= 0.3 is 0 Å². The number of benzene rings is 1. The standard InChI is InChI=1S/C15H23BrN4O.HI/c1-5-17-15(18-10-14(21)19(2)3)20(4)11-12-8-6-7-9-13(12)16;/h6-9H,5,10-11H2,1-4H3,(H,17,18);1H. The summed E-state index contributed by atoms with van der Waals surface area (Å²) in [7, 11) is 5.42. The summed E-state index contributed by atoms with van der Waals surface area (Å²) in [6, 6.07) is 8.08. The molecule has 0 fully saturated rings. The third-order valence-corrected chi connectivity index (χ3v) is 3.70. The molecule has 1 aromatic rings. The second-order valence-electron chi connectivity index (χ2n) is 4.91. The lowest BCUT2D eigenvalue weighted by Crippen LogP contribution is -2.39. The van der Waals surface area contributed by atoms with Crippen LogP contribution in [0.4, 0.5) is 0 Å². The minimum absolute atomic E-state index is 0. The minimum atomic E-state index is -0.0142. The summed E-state index contributed by atoms with van der Waals surface area (Å²) in [5.41, 5.74) is 1.17. The zero-order chi connectivity index (χ0) is 15.8. The van der Waals surface area contributed by atoms with Crippen molar-refractivity contribution in [1.82, 2.24) is 15.1 Å². The molecule has 22 heavy (non-hydrogen) atoms. The zero-order valence-electron chi connectivity index (χ0n) is 13.5. The van der Waals surface area contributed by atoms with Crippen molar-refractivity contribution in [3.8, 4) is 0 Å². The van der Waals surface area contributed by atoms with Gasteiger partial charge in [0, 0.05) is 38.7 Å².